The van der Waals surface area contributed by atoms with E-state index in [-0.39, 0.29) is 47.8 Å². The summed E-state index contributed by atoms with van der Waals surface area (Å²) in [6.45, 7) is 12.5. The first-order chi connectivity index (χ1) is 14.4. The average Bonchev–Trinajstić information content (AvgIpc) is 3.31. The lowest BCUT2D eigenvalue weighted by Gasteiger charge is -2.30. The van der Waals surface area contributed by atoms with Gasteiger partial charge in [-0.2, -0.15) is 0 Å². The molecule has 9 heteroatoms. The number of carbonyl (C=O) groups excluding carboxylic acids is 4. The van der Waals surface area contributed by atoms with E-state index in [0.29, 0.717) is 32.5 Å². The quantitative estimate of drug-likeness (QED) is 0.607. The zero-order chi connectivity index (χ0) is 23.3. The Hall–Kier alpha value is -2.16. The molecule has 2 fully saturated rings. The van der Waals surface area contributed by atoms with Crippen LogP contribution in [-0.4, -0.2) is 83.4 Å². The van der Waals surface area contributed by atoms with Crippen molar-refractivity contribution >= 4 is 23.6 Å². The predicted molar refractivity (Wildman–Crippen MR) is 116 cm³/mol. The van der Waals surface area contributed by atoms with E-state index in [0.717, 1.165) is 6.42 Å². The van der Waals surface area contributed by atoms with Crippen LogP contribution in [0.15, 0.2) is 0 Å². The van der Waals surface area contributed by atoms with E-state index in [1.165, 1.54) is 11.8 Å². The normalized spacial score (nSPS) is 22.5. The second-order valence-electron chi connectivity index (χ2n) is 9.81. The number of ether oxygens (including phenoxy) is 1. The van der Waals surface area contributed by atoms with Gasteiger partial charge < -0.3 is 25.2 Å². The summed E-state index contributed by atoms with van der Waals surface area (Å²) in [7, 11) is 0. The Labute approximate surface area is 185 Å². The highest BCUT2D eigenvalue weighted by Gasteiger charge is 2.38. The summed E-state index contributed by atoms with van der Waals surface area (Å²) >= 11 is 0. The highest BCUT2D eigenvalue weighted by Crippen LogP contribution is 2.21. The molecule has 176 valence electrons. The third-order valence-corrected chi connectivity index (χ3v) is 5.56. The Kier molecular flexibility index (Phi) is 8.45. The highest BCUT2D eigenvalue weighted by molar-refractivity contribution is 5.93. The van der Waals surface area contributed by atoms with Gasteiger partial charge >= 0.3 is 0 Å². The molecular formula is C22H38N4O5. The lowest BCUT2D eigenvalue weighted by molar-refractivity contribution is -0.142. The Morgan fingerprint density at radius 2 is 1.77 bits per heavy atom. The predicted octanol–water partition coefficient (Wildman–Crippen LogP) is 0.670. The van der Waals surface area contributed by atoms with Crippen molar-refractivity contribution in [3.05, 3.63) is 0 Å². The monoisotopic (exact) mass is 438 g/mol. The Morgan fingerprint density at radius 3 is 2.35 bits per heavy atom. The minimum Gasteiger partial charge on any atom is -0.371 e. The number of carbonyl (C=O) groups is 4. The van der Waals surface area contributed by atoms with Gasteiger partial charge in [-0.25, -0.2) is 0 Å². The topological polar surface area (TPSA) is 108 Å². The van der Waals surface area contributed by atoms with E-state index < -0.39 is 12.1 Å². The van der Waals surface area contributed by atoms with Gasteiger partial charge in [0.15, 0.2) is 0 Å². The van der Waals surface area contributed by atoms with Crippen LogP contribution in [0, 0.1) is 5.92 Å². The van der Waals surface area contributed by atoms with Crippen molar-refractivity contribution in [2.24, 2.45) is 5.92 Å². The molecule has 3 atom stereocenters. The molecule has 0 aromatic rings. The van der Waals surface area contributed by atoms with Crippen LogP contribution in [0.5, 0.6) is 0 Å². The van der Waals surface area contributed by atoms with Crippen LogP contribution < -0.4 is 10.6 Å². The molecule has 0 bridgehead atoms. The maximum absolute atomic E-state index is 13.0. The third-order valence-electron chi connectivity index (χ3n) is 5.56. The van der Waals surface area contributed by atoms with Crippen LogP contribution in [0.2, 0.25) is 0 Å². The second kappa shape index (κ2) is 10.4. The third kappa shape index (κ3) is 7.19. The van der Waals surface area contributed by atoms with Gasteiger partial charge in [0.2, 0.25) is 23.6 Å². The van der Waals surface area contributed by atoms with E-state index in [2.05, 4.69) is 10.6 Å². The van der Waals surface area contributed by atoms with Crippen LogP contribution in [0.1, 0.15) is 60.8 Å². The number of rotatable bonds is 7. The minimum atomic E-state index is -0.670. The first-order valence-electron chi connectivity index (χ1n) is 11.2. The molecule has 4 amide bonds. The molecule has 2 heterocycles. The van der Waals surface area contributed by atoms with E-state index in [9.17, 15) is 19.2 Å². The smallest absolute Gasteiger partial charge is 0.246 e. The molecule has 2 N–H and O–H groups in total. The lowest BCUT2D eigenvalue weighted by atomic mass is 10.0. The number of nitrogens with one attached hydrogen (secondary N) is 2. The van der Waals surface area contributed by atoms with E-state index in [1.54, 1.807) is 4.90 Å². The van der Waals surface area contributed by atoms with Crippen molar-refractivity contribution in [2.45, 2.75) is 84.6 Å². The van der Waals surface area contributed by atoms with Crippen LogP contribution in [0.4, 0.5) is 0 Å². The van der Waals surface area contributed by atoms with Gasteiger partial charge in [0, 0.05) is 26.6 Å². The fourth-order valence-corrected chi connectivity index (χ4v) is 4.16. The molecular weight excluding hydrogens is 400 g/mol. The molecule has 0 saturated carbocycles. The SMILES string of the molecule is CC(=O)NC(C(=O)N1CCCC1C(=O)NCC(=O)N1CCC(OC(C)(C)C)C1)C(C)C. The summed E-state index contributed by atoms with van der Waals surface area (Å²) in [5.41, 5.74) is -0.262. The molecule has 3 unspecified atom stereocenters. The molecule has 0 aliphatic carbocycles. The zero-order valence-electron chi connectivity index (χ0n) is 19.7. The van der Waals surface area contributed by atoms with Crippen LogP contribution in [0.3, 0.4) is 0 Å². The average molecular weight is 439 g/mol. The highest BCUT2D eigenvalue weighted by atomic mass is 16.5. The molecule has 0 aromatic heterocycles. The van der Waals surface area contributed by atoms with Gasteiger partial charge in [0.05, 0.1) is 18.2 Å². The van der Waals surface area contributed by atoms with Gasteiger partial charge in [-0.15, -0.1) is 0 Å². The lowest BCUT2D eigenvalue weighted by Crippen LogP contribution is -2.55. The molecule has 2 rings (SSSR count). The van der Waals surface area contributed by atoms with Crippen molar-refractivity contribution in [3.63, 3.8) is 0 Å². The number of nitrogens with zero attached hydrogens (tertiary/aromatic N) is 2. The summed E-state index contributed by atoms with van der Waals surface area (Å²) in [6.07, 6.45) is 2.04. The molecule has 2 saturated heterocycles. The maximum Gasteiger partial charge on any atom is 0.246 e. The number of amides is 4. The van der Waals surface area contributed by atoms with Gasteiger partial charge in [-0.1, -0.05) is 13.8 Å². The molecule has 0 radical (unpaired) electrons. The largest absolute Gasteiger partial charge is 0.371 e. The number of likely N-dealkylation sites (tertiary alicyclic amines) is 2. The first kappa shape index (κ1) is 25.1. The molecule has 9 nitrogen and oxygen atoms in total. The Morgan fingerprint density at radius 1 is 1.10 bits per heavy atom. The van der Waals surface area contributed by atoms with Crippen LogP contribution in [-0.2, 0) is 23.9 Å². The molecule has 0 aromatic carbocycles. The number of hydrogen-bond acceptors (Lipinski definition) is 5. The van der Waals surface area contributed by atoms with Crippen molar-refractivity contribution in [1.29, 1.82) is 0 Å². The van der Waals surface area contributed by atoms with Gasteiger partial charge in [-0.05, 0) is 46.0 Å². The van der Waals surface area contributed by atoms with E-state index in [4.69, 9.17) is 4.74 Å². The number of hydrogen-bond donors (Lipinski definition) is 2. The van der Waals surface area contributed by atoms with Crippen LogP contribution >= 0.6 is 0 Å². The summed E-state index contributed by atoms with van der Waals surface area (Å²) in [4.78, 5) is 53.0. The van der Waals surface area contributed by atoms with E-state index in [1.807, 2.05) is 34.6 Å². The summed E-state index contributed by atoms with van der Waals surface area (Å²) in [5.74, 6) is -1.11. The Balaban J connectivity index is 1.89. The van der Waals surface area contributed by atoms with Gasteiger partial charge in [0.25, 0.3) is 0 Å². The van der Waals surface area contributed by atoms with Crippen molar-refractivity contribution in [3.8, 4) is 0 Å². The molecule has 31 heavy (non-hydrogen) atoms. The molecule has 0 spiro atoms. The Bertz CT molecular complexity index is 688. The maximum atomic E-state index is 13.0. The molecule has 2 aliphatic heterocycles. The fourth-order valence-electron chi connectivity index (χ4n) is 4.16. The summed E-state index contributed by atoms with van der Waals surface area (Å²) in [5, 5.41) is 5.39. The van der Waals surface area contributed by atoms with Crippen molar-refractivity contribution < 1.29 is 23.9 Å². The zero-order valence-corrected chi connectivity index (χ0v) is 19.7. The first-order valence-corrected chi connectivity index (χ1v) is 11.2. The van der Waals surface area contributed by atoms with Crippen LogP contribution in [0.25, 0.3) is 0 Å². The summed E-state index contributed by atoms with van der Waals surface area (Å²) < 4.78 is 5.94. The minimum absolute atomic E-state index is 0.00402. The standard InChI is InChI=1S/C22H38N4O5/c1-14(2)19(24-15(3)27)21(30)26-10-7-8-17(26)20(29)23-12-18(28)25-11-9-16(13-25)31-22(4,5)6/h14,16-17,19H,7-13H2,1-6H3,(H,23,29)(H,24,27). The second-order valence-corrected chi connectivity index (χ2v) is 9.81. The summed E-state index contributed by atoms with van der Waals surface area (Å²) in [6, 6.07) is -1.29. The fraction of sp³-hybridized carbons (Fsp3) is 0.818. The van der Waals surface area contributed by atoms with Gasteiger partial charge in [-0.3, -0.25) is 19.2 Å². The molecule has 2 aliphatic rings. The van der Waals surface area contributed by atoms with Crippen molar-refractivity contribution in [2.75, 3.05) is 26.2 Å². The van der Waals surface area contributed by atoms with Gasteiger partial charge in [0.1, 0.15) is 12.1 Å². The van der Waals surface area contributed by atoms with E-state index >= 15 is 0 Å². The van der Waals surface area contributed by atoms with Crippen molar-refractivity contribution in [1.82, 2.24) is 20.4 Å².